The maximum atomic E-state index is 13.9. The number of ether oxygens (including phenoxy) is 2. The zero-order chi connectivity index (χ0) is 31.3. The van der Waals surface area contributed by atoms with E-state index in [4.69, 9.17) is 9.47 Å². The van der Waals surface area contributed by atoms with Gasteiger partial charge in [-0.3, -0.25) is 9.59 Å². The van der Waals surface area contributed by atoms with Crippen LogP contribution in [0.25, 0.3) is 0 Å². The van der Waals surface area contributed by atoms with Crippen molar-refractivity contribution in [3.05, 3.63) is 28.3 Å². The molecule has 0 radical (unpaired) electrons. The van der Waals surface area contributed by atoms with E-state index in [1.165, 1.54) is 0 Å². The Balaban J connectivity index is 1.95. The molecule has 2 aliphatic heterocycles. The Labute approximate surface area is 248 Å². The number of nitrogens with one attached hydrogen (secondary N) is 2. The van der Waals surface area contributed by atoms with Gasteiger partial charge in [-0.2, -0.15) is 0 Å². The van der Waals surface area contributed by atoms with E-state index in [9.17, 15) is 14.7 Å². The average molecular weight is 573 g/mol. The van der Waals surface area contributed by atoms with Crippen LogP contribution in [-0.2, 0) is 30.9 Å². The summed E-state index contributed by atoms with van der Waals surface area (Å²) in [7, 11) is 0. The van der Waals surface area contributed by atoms with Crippen molar-refractivity contribution in [3.63, 3.8) is 0 Å². The fraction of sp³-hybridized carbons (Fsp3) is 0.765. The Morgan fingerprint density at radius 2 is 1.20 bits per heavy atom. The molecule has 2 saturated heterocycles. The van der Waals surface area contributed by atoms with E-state index < -0.39 is 17.9 Å². The lowest BCUT2D eigenvalue weighted by atomic mass is 9.80. The summed E-state index contributed by atoms with van der Waals surface area (Å²) < 4.78 is 12.2. The largest absolute Gasteiger partial charge is 0.507 e. The van der Waals surface area contributed by atoms with Gasteiger partial charge in [0.25, 0.3) is 0 Å². The molecule has 3 rings (SSSR count). The van der Waals surface area contributed by atoms with Gasteiger partial charge in [0.15, 0.2) is 5.92 Å². The molecular weight excluding hydrogens is 516 g/mol. The van der Waals surface area contributed by atoms with Gasteiger partial charge in [-0.1, -0.05) is 26.8 Å². The average Bonchev–Trinajstić information content (AvgIpc) is 2.70. The van der Waals surface area contributed by atoms with Crippen LogP contribution in [0, 0.1) is 19.8 Å². The molecule has 2 aliphatic rings. The molecule has 0 aliphatic carbocycles. The van der Waals surface area contributed by atoms with Gasteiger partial charge in [-0.15, -0.1) is 0 Å². The Bertz CT molecular complexity index is 1070. The van der Waals surface area contributed by atoms with E-state index >= 15 is 0 Å². The van der Waals surface area contributed by atoms with Crippen LogP contribution in [0.1, 0.15) is 124 Å². The van der Waals surface area contributed by atoms with Crippen LogP contribution in [0.4, 0.5) is 0 Å². The van der Waals surface area contributed by atoms with Gasteiger partial charge < -0.3 is 25.2 Å². The van der Waals surface area contributed by atoms with Crippen molar-refractivity contribution >= 4 is 11.9 Å². The number of carbonyl (C=O) groups excluding carboxylic acids is 2. The van der Waals surface area contributed by atoms with Crippen LogP contribution in [0.2, 0.25) is 0 Å². The van der Waals surface area contributed by atoms with Gasteiger partial charge in [0.1, 0.15) is 18.0 Å². The van der Waals surface area contributed by atoms with E-state index in [-0.39, 0.29) is 51.9 Å². The number of esters is 2. The number of phenolic OH excluding ortho intramolecular Hbond substituents is 1. The summed E-state index contributed by atoms with van der Waals surface area (Å²) in [5.41, 5.74) is 2.15. The molecule has 7 heteroatoms. The molecule has 2 heterocycles. The van der Waals surface area contributed by atoms with E-state index in [0.717, 1.165) is 16.7 Å². The summed E-state index contributed by atoms with van der Waals surface area (Å²) in [5, 5.41) is 18.4. The maximum absolute atomic E-state index is 13.9. The molecule has 2 fully saturated rings. The van der Waals surface area contributed by atoms with Crippen LogP contribution >= 0.6 is 0 Å². The molecule has 0 bridgehead atoms. The lowest BCUT2D eigenvalue weighted by Crippen LogP contribution is -2.60. The third-order valence-electron chi connectivity index (χ3n) is 8.56. The van der Waals surface area contributed by atoms with Crippen molar-refractivity contribution < 1.29 is 24.2 Å². The fourth-order valence-electron chi connectivity index (χ4n) is 7.48. The molecule has 1 aromatic carbocycles. The minimum Gasteiger partial charge on any atom is -0.507 e. The zero-order valence-electron chi connectivity index (χ0n) is 27.9. The van der Waals surface area contributed by atoms with Crippen molar-refractivity contribution in [3.8, 4) is 5.75 Å². The van der Waals surface area contributed by atoms with Crippen molar-refractivity contribution in [2.75, 3.05) is 0 Å². The van der Waals surface area contributed by atoms with Gasteiger partial charge in [-0.05, 0) is 103 Å². The number of piperidine rings is 2. The smallest absolute Gasteiger partial charge is 0.320 e. The maximum Gasteiger partial charge on any atom is 0.320 e. The highest BCUT2D eigenvalue weighted by atomic mass is 16.6. The third kappa shape index (κ3) is 8.47. The number of rotatable bonds is 6. The summed E-state index contributed by atoms with van der Waals surface area (Å²) in [5.74, 6) is -2.03. The number of benzene rings is 1. The number of hydrogen-bond acceptors (Lipinski definition) is 7. The fourth-order valence-corrected chi connectivity index (χ4v) is 7.48. The highest BCUT2D eigenvalue weighted by molar-refractivity contribution is 5.95. The standard InChI is InChI=1S/C34H56N2O5/c1-20-14-26(30(3,4)5)27(37)21(2)24(20)15-25(28(38)40-22-16-31(6,7)35-32(8,9)17-22)29(39)41-23-18-33(10,11)36-34(12,13)19-23/h14,22-23,25,35-37H,15-19H2,1-13H3. The first-order valence-corrected chi connectivity index (χ1v) is 15.2. The molecule has 0 amide bonds. The molecule has 232 valence electrons. The second kappa shape index (κ2) is 11.2. The Morgan fingerprint density at radius 3 is 1.54 bits per heavy atom. The molecule has 0 atom stereocenters. The Hall–Kier alpha value is -2.12. The summed E-state index contributed by atoms with van der Waals surface area (Å²) >= 11 is 0. The molecule has 1 aromatic rings. The van der Waals surface area contributed by atoms with E-state index in [1.54, 1.807) is 0 Å². The number of aromatic hydroxyl groups is 1. The molecule has 7 nitrogen and oxygen atoms in total. The zero-order valence-corrected chi connectivity index (χ0v) is 27.9. The first kappa shape index (κ1) is 33.4. The third-order valence-corrected chi connectivity index (χ3v) is 8.56. The number of carbonyl (C=O) groups is 2. The summed E-state index contributed by atoms with van der Waals surface area (Å²) in [6.07, 6.45) is 2.08. The van der Waals surface area contributed by atoms with E-state index in [0.29, 0.717) is 31.2 Å². The first-order valence-electron chi connectivity index (χ1n) is 15.2. The summed E-state index contributed by atoms with van der Waals surface area (Å²) in [4.78, 5) is 27.8. The first-order chi connectivity index (χ1) is 18.4. The van der Waals surface area contributed by atoms with Crippen LogP contribution in [0.5, 0.6) is 5.75 Å². The quantitative estimate of drug-likeness (QED) is 0.277. The van der Waals surface area contributed by atoms with Crippen molar-refractivity contribution in [1.82, 2.24) is 10.6 Å². The van der Waals surface area contributed by atoms with Crippen molar-refractivity contribution in [2.24, 2.45) is 5.92 Å². The highest BCUT2D eigenvalue weighted by Crippen LogP contribution is 2.38. The number of aryl methyl sites for hydroxylation is 1. The highest BCUT2D eigenvalue weighted by Gasteiger charge is 2.44. The normalized spacial score (nSPS) is 22.4. The van der Waals surface area contributed by atoms with Gasteiger partial charge in [0.05, 0.1) is 0 Å². The molecule has 0 unspecified atom stereocenters. The second-order valence-electron chi connectivity index (χ2n) is 16.4. The van der Waals surface area contributed by atoms with E-state index in [2.05, 4.69) is 86.8 Å². The SMILES string of the molecule is Cc1cc(C(C)(C)C)c(O)c(C)c1CC(C(=O)OC1CC(C)(C)NC(C)(C)C1)C(=O)OC1CC(C)(C)NC(C)(C)C1. The lowest BCUT2D eigenvalue weighted by molar-refractivity contribution is -0.172. The Kier molecular flexibility index (Phi) is 9.10. The van der Waals surface area contributed by atoms with Gasteiger partial charge in [-0.25, -0.2) is 0 Å². The monoisotopic (exact) mass is 572 g/mol. The Morgan fingerprint density at radius 1 is 0.829 bits per heavy atom. The molecule has 0 spiro atoms. The van der Waals surface area contributed by atoms with Crippen LogP contribution in [0.3, 0.4) is 0 Å². The molecule has 3 N–H and O–H groups in total. The summed E-state index contributed by atoms with van der Waals surface area (Å²) in [6, 6.07) is 1.97. The topological polar surface area (TPSA) is 96.9 Å². The predicted octanol–water partition coefficient (Wildman–Crippen LogP) is 6.17. The van der Waals surface area contributed by atoms with Gasteiger partial charge >= 0.3 is 11.9 Å². The van der Waals surface area contributed by atoms with Gasteiger partial charge in [0.2, 0.25) is 0 Å². The second-order valence-corrected chi connectivity index (χ2v) is 16.4. The van der Waals surface area contributed by atoms with Crippen LogP contribution < -0.4 is 10.6 Å². The van der Waals surface area contributed by atoms with Crippen LogP contribution in [0.15, 0.2) is 6.07 Å². The van der Waals surface area contributed by atoms with Crippen LogP contribution in [-0.4, -0.2) is 51.4 Å². The number of phenols is 1. The molecule has 41 heavy (non-hydrogen) atoms. The number of hydrogen-bond donors (Lipinski definition) is 3. The lowest BCUT2D eigenvalue weighted by Gasteiger charge is -2.46. The van der Waals surface area contributed by atoms with Crippen molar-refractivity contribution in [1.29, 1.82) is 0 Å². The minimum absolute atomic E-state index is 0.114. The van der Waals surface area contributed by atoms with E-state index in [1.807, 2.05) is 19.9 Å². The van der Waals surface area contributed by atoms with Crippen molar-refractivity contribution in [2.45, 2.75) is 162 Å². The minimum atomic E-state index is -1.13. The molecule has 0 aromatic heterocycles. The molecular formula is C34H56N2O5. The van der Waals surface area contributed by atoms with Gasteiger partial charge in [0, 0.05) is 47.8 Å². The predicted molar refractivity (Wildman–Crippen MR) is 164 cm³/mol. The summed E-state index contributed by atoms with van der Waals surface area (Å²) in [6.45, 7) is 26.8. The molecule has 0 saturated carbocycles.